The van der Waals surface area contributed by atoms with Gasteiger partial charge in [-0.3, -0.25) is 0 Å². The predicted octanol–water partition coefficient (Wildman–Crippen LogP) is 11.3. The SMILES string of the molecule is CC1(C)c2ccccc2Oc2cccc(-c3ccc4c(c3)C(c3ccccc3)(c3ccccc3)c3ccc5ccccc5c3-4)c21. The first-order valence-electron chi connectivity index (χ1n) is 15.8. The Morgan fingerprint density at radius 2 is 1.13 bits per heavy atom. The average Bonchev–Trinajstić information content (AvgIpc) is 3.40. The van der Waals surface area contributed by atoms with Crippen molar-refractivity contribution in [2.45, 2.75) is 24.7 Å². The lowest BCUT2D eigenvalue weighted by atomic mass is 9.67. The van der Waals surface area contributed by atoms with Crippen molar-refractivity contribution < 1.29 is 4.74 Å². The molecule has 2 aliphatic rings. The van der Waals surface area contributed by atoms with E-state index in [4.69, 9.17) is 4.74 Å². The van der Waals surface area contributed by atoms with Crippen molar-refractivity contribution in [3.05, 3.63) is 191 Å². The molecule has 0 aromatic heterocycles. The van der Waals surface area contributed by atoms with Crippen molar-refractivity contribution in [1.29, 1.82) is 0 Å². The molecule has 214 valence electrons. The zero-order valence-corrected chi connectivity index (χ0v) is 25.4. The Morgan fingerprint density at radius 1 is 0.467 bits per heavy atom. The van der Waals surface area contributed by atoms with Gasteiger partial charge in [-0.25, -0.2) is 0 Å². The van der Waals surface area contributed by atoms with Crippen LogP contribution in [0.1, 0.15) is 47.2 Å². The van der Waals surface area contributed by atoms with Crippen molar-refractivity contribution in [2.75, 3.05) is 0 Å². The minimum absolute atomic E-state index is 0.227. The first-order valence-corrected chi connectivity index (χ1v) is 15.8. The van der Waals surface area contributed by atoms with E-state index in [2.05, 4.69) is 172 Å². The molecule has 1 aliphatic carbocycles. The largest absolute Gasteiger partial charge is 0.457 e. The Morgan fingerprint density at radius 3 is 1.91 bits per heavy atom. The quantitative estimate of drug-likeness (QED) is 0.203. The molecule has 1 heteroatoms. The summed E-state index contributed by atoms with van der Waals surface area (Å²) in [5.41, 5.74) is 12.0. The van der Waals surface area contributed by atoms with E-state index >= 15 is 0 Å². The van der Waals surface area contributed by atoms with Crippen LogP contribution < -0.4 is 4.74 Å². The van der Waals surface area contributed by atoms with Gasteiger partial charge in [0.15, 0.2) is 0 Å². The highest BCUT2D eigenvalue weighted by molar-refractivity contribution is 6.04. The summed E-state index contributed by atoms with van der Waals surface area (Å²) in [5, 5.41) is 2.55. The summed E-state index contributed by atoms with van der Waals surface area (Å²) in [6.45, 7) is 4.65. The van der Waals surface area contributed by atoms with Gasteiger partial charge in [0.05, 0.1) is 5.41 Å². The molecule has 0 N–H and O–H groups in total. The summed E-state index contributed by atoms with van der Waals surface area (Å²) in [7, 11) is 0. The summed E-state index contributed by atoms with van der Waals surface area (Å²) >= 11 is 0. The summed E-state index contributed by atoms with van der Waals surface area (Å²) in [5.74, 6) is 1.87. The number of hydrogen-bond acceptors (Lipinski definition) is 1. The number of para-hydroxylation sites is 1. The number of benzene rings is 7. The Balaban J connectivity index is 1.38. The third kappa shape index (κ3) is 3.56. The number of hydrogen-bond donors (Lipinski definition) is 0. The van der Waals surface area contributed by atoms with E-state index in [0.29, 0.717) is 0 Å². The molecule has 0 spiro atoms. The third-order valence-corrected chi connectivity index (χ3v) is 10.2. The first kappa shape index (κ1) is 26.0. The monoisotopic (exact) mass is 576 g/mol. The van der Waals surface area contributed by atoms with Crippen molar-refractivity contribution in [2.24, 2.45) is 0 Å². The van der Waals surface area contributed by atoms with E-state index in [-0.39, 0.29) is 5.41 Å². The summed E-state index contributed by atoms with van der Waals surface area (Å²) in [6, 6.07) is 57.7. The summed E-state index contributed by atoms with van der Waals surface area (Å²) in [6.07, 6.45) is 0. The number of ether oxygens (including phenoxy) is 1. The maximum Gasteiger partial charge on any atom is 0.132 e. The molecule has 45 heavy (non-hydrogen) atoms. The second-order valence-electron chi connectivity index (χ2n) is 12.9. The Kier molecular flexibility index (Phi) is 5.53. The van der Waals surface area contributed by atoms with Crippen molar-refractivity contribution in [1.82, 2.24) is 0 Å². The molecule has 0 atom stereocenters. The van der Waals surface area contributed by atoms with Crippen molar-refractivity contribution in [3.8, 4) is 33.8 Å². The predicted molar refractivity (Wildman–Crippen MR) is 185 cm³/mol. The molecule has 7 aromatic carbocycles. The Labute approximate surface area is 264 Å². The average molecular weight is 577 g/mol. The fraction of sp³-hybridized carbons (Fsp3) is 0.0909. The third-order valence-electron chi connectivity index (χ3n) is 10.2. The molecule has 0 bridgehead atoms. The maximum absolute atomic E-state index is 6.55. The molecule has 0 radical (unpaired) electrons. The van der Waals surface area contributed by atoms with E-state index in [1.54, 1.807) is 0 Å². The van der Waals surface area contributed by atoms with E-state index < -0.39 is 5.41 Å². The van der Waals surface area contributed by atoms with Gasteiger partial charge in [-0.2, -0.15) is 0 Å². The molecule has 9 rings (SSSR count). The fourth-order valence-electron chi connectivity index (χ4n) is 8.25. The fourth-order valence-corrected chi connectivity index (χ4v) is 8.25. The molecule has 1 heterocycles. The van der Waals surface area contributed by atoms with Gasteiger partial charge in [0.1, 0.15) is 11.5 Å². The lowest BCUT2D eigenvalue weighted by Crippen LogP contribution is -2.28. The number of fused-ring (bicyclic) bond motifs is 7. The highest BCUT2D eigenvalue weighted by atomic mass is 16.5. The van der Waals surface area contributed by atoms with Crippen LogP contribution in [0.15, 0.2) is 158 Å². The molecular weight excluding hydrogens is 544 g/mol. The van der Waals surface area contributed by atoms with Crippen LogP contribution in [-0.4, -0.2) is 0 Å². The lowest BCUT2D eigenvalue weighted by Gasteiger charge is -2.36. The van der Waals surface area contributed by atoms with E-state index in [0.717, 1.165) is 11.5 Å². The van der Waals surface area contributed by atoms with E-state index in [1.165, 1.54) is 66.4 Å². The minimum atomic E-state index is -0.472. The van der Waals surface area contributed by atoms with Crippen LogP contribution in [-0.2, 0) is 10.8 Å². The second kappa shape index (κ2) is 9.55. The van der Waals surface area contributed by atoms with Crippen molar-refractivity contribution in [3.63, 3.8) is 0 Å². The van der Waals surface area contributed by atoms with Gasteiger partial charge in [-0.15, -0.1) is 0 Å². The molecular formula is C44H32O. The van der Waals surface area contributed by atoms with Crippen molar-refractivity contribution >= 4 is 10.8 Å². The van der Waals surface area contributed by atoms with Crippen LogP contribution in [0.5, 0.6) is 11.5 Å². The van der Waals surface area contributed by atoms with Gasteiger partial charge < -0.3 is 4.74 Å². The van der Waals surface area contributed by atoms with Gasteiger partial charge in [0.2, 0.25) is 0 Å². The molecule has 0 saturated heterocycles. The standard InChI is InChI=1S/C44H32O/c1-43(2)36-21-11-12-22-39(36)45-40-23-13-20-34(42(40)43)30-24-26-35-38(28-30)44(31-15-5-3-6-16-31,32-17-7-4-8-18-32)37-27-25-29-14-9-10-19-33(29)41(35)37/h3-28H,1-2H3. The maximum atomic E-state index is 6.55. The highest BCUT2D eigenvalue weighted by Gasteiger charge is 2.47. The Bertz CT molecular complexity index is 2220. The van der Waals surface area contributed by atoms with Crippen LogP contribution in [0, 0.1) is 0 Å². The molecule has 0 unspecified atom stereocenters. The topological polar surface area (TPSA) is 9.23 Å². The smallest absolute Gasteiger partial charge is 0.132 e. The van der Waals surface area contributed by atoms with E-state index in [1.807, 2.05) is 0 Å². The Hall–Kier alpha value is -5.40. The molecule has 0 amide bonds. The van der Waals surface area contributed by atoms with Crippen LogP contribution in [0.25, 0.3) is 33.0 Å². The summed E-state index contributed by atoms with van der Waals surface area (Å²) < 4.78 is 6.55. The van der Waals surface area contributed by atoms with Gasteiger partial charge >= 0.3 is 0 Å². The molecule has 1 aliphatic heterocycles. The van der Waals surface area contributed by atoms with Crippen LogP contribution in [0.3, 0.4) is 0 Å². The zero-order valence-electron chi connectivity index (χ0n) is 25.4. The molecule has 0 saturated carbocycles. The van der Waals surface area contributed by atoms with Gasteiger partial charge in [0, 0.05) is 16.5 Å². The van der Waals surface area contributed by atoms with Crippen LogP contribution in [0.4, 0.5) is 0 Å². The number of rotatable bonds is 3. The van der Waals surface area contributed by atoms with Crippen LogP contribution in [0.2, 0.25) is 0 Å². The minimum Gasteiger partial charge on any atom is -0.457 e. The van der Waals surface area contributed by atoms with Gasteiger partial charge in [-0.1, -0.05) is 153 Å². The molecule has 1 nitrogen and oxygen atoms in total. The second-order valence-corrected chi connectivity index (χ2v) is 12.9. The van der Waals surface area contributed by atoms with E-state index in [9.17, 15) is 0 Å². The van der Waals surface area contributed by atoms with Gasteiger partial charge in [-0.05, 0) is 73.5 Å². The zero-order chi connectivity index (χ0) is 30.2. The van der Waals surface area contributed by atoms with Crippen LogP contribution >= 0.6 is 0 Å². The highest BCUT2D eigenvalue weighted by Crippen LogP contribution is 2.59. The summed E-state index contributed by atoms with van der Waals surface area (Å²) in [4.78, 5) is 0. The lowest BCUT2D eigenvalue weighted by molar-refractivity contribution is 0.419. The normalized spacial score (nSPS) is 15.0. The van der Waals surface area contributed by atoms with Gasteiger partial charge in [0.25, 0.3) is 0 Å². The molecule has 0 fully saturated rings. The first-order chi connectivity index (χ1) is 22.1. The molecule has 7 aromatic rings.